The van der Waals surface area contributed by atoms with Crippen LogP contribution in [0.2, 0.25) is 0 Å². The molecular formula is C14H17N5S2. The Kier molecular flexibility index (Phi) is 4.03. The van der Waals surface area contributed by atoms with E-state index in [9.17, 15) is 0 Å². The van der Waals surface area contributed by atoms with Crippen molar-refractivity contribution in [3.05, 3.63) is 27.0 Å². The summed E-state index contributed by atoms with van der Waals surface area (Å²) in [6.45, 7) is 7.71. The number of anilines is 2. The van der Waals surface area contributed by atoms with Gasteiger partial charge in [0, 0.05) is 16.3 Å². The average Bonchev–Trinajstić information content (AvgIpc) is 3.01. The molecule has 0 aliphatic heterocycles. The predicted octanol–water partition coefficient (Wildman–Crippen LogP) is 3.81. The summed E-state index contributed by atoms with van der Waals surface area (Å²) in [7, 11) is 0. The van der Waals surface area contributed by atoms with Crippen LogP contribution in [0.5, 0.6) is 0 Å². The van der Waals surface area contributed by atoms with Crippen molar-refractivity contribution < 1.29 is 0 Å². The van der Waals surface area contributed by atoms with E-state index in [1.54, 1.807) is 22.7 Å². The third-order valence-corrected chi connectivity index (χ3v) is 4.99. The summed E-state index contributed by atoms with van der Waals surface area (Å²) in [6, 6.07) is 2.14. The lowest BCUT2D eigenvalue weighted by atomic mass is 10.3. The number of rotatable bonds is 5. The van der Waals surface area contributed by atoms with E-state index in [4.69, 9.17) is 0 Å². The second kappa shape index (κ2) is 5.95. The molecule has 7 heteroatoms. The largest absolute Gasteiger partial charge is 0.364 e. The van der Waals surface area contributed by atoms with Crippen LogP contribution in [-0.4, -0.2) is 21.5 Å². The van der Waals surface area contributed by atoms with E-state index in [1.165, 1.54) is 9.75 Å². The minimum absolute atomic E-state index is 0.676. The standard InChI is InChI=1S/C14H17N5S2/c1-4-15-14-18-12(10-5-8(2)21-13(10)19-14)16-6-11-9(3)17-7-20-11/h5,7H,4,6H2,1-3H3,(H2,15,16,18,19). The minimum Gasteiger partial charge on any atom is -0.364 e. The van der Waals surface area contributed by atoms with Gasteiger partial charge >= 0.3 is 0 Å². The molecule has 0 aliphatic rings. The Morgan fingerprint density at radius 2 is 2.05 bits per heavy atom. The third kappa shape index (κ3) is 2.98. The summed E-state index contributed by atoms with van der Waals surface area (Å²) in [5, 5.41) is 7.70. The number of thiophene rings is 1. The van der Waals surface area contributed by atoms with Crippen LogP contribution in [0.4, 0.5) is 11.8 Å². The topological polar surface area (TPSA) is 62.7 Å². The maximum absolute atomic E-state index is 4.59. The molecule has 0 amide bonds. The van der Waals surface area contributed by atoms with Crippen LogP contribution in [-0.2, 0) is 6.54 Å². The number of hydrogen-bond acceptors (Lipinski definition) is 7. The van der Waals surface area contributed by atoms with Crippen LogP contribution < -0.4 is 10.6 Å². The van der Waals surface area contributed by atoms with E-state index < -0.39 is 0 Å². The molecule has 110 valence electrons. The van der Waals surface area contributed by atoms with Crippen LogP contribution in [0.1, 0.15) is 22.4 Å². The molecule has 0 aromatic carbocycles. The number of thiazole rings is 1. The second-order valence-electron chi connectivity index (χ2n) is 4.72. The first-order valence-electron chi connectivity index (χ1n) is 6.82. The zero-order chi connectivity index (χ0) is 14.8. The summed E-state index contributed by atoms with van der Waals surface area (Å²) < 4.78 is 0. The predicted molar refractivity (Wildman–Crippen MR) is 90.5 cm³/mol. The van der Waals surface area contributed by atoms with Crippen molar-refractivity contribution >= 4 is 44.7 Å². The molecule has 5 nitrogen and oxygen atoms in total. The van der Waals surface area contributed by atoms with Crippen molar-refractivity contribution in [3.8, 4) is 0 Å². The van der Waals surface area contributed by atoms with Crippen molar-refractivity contribution in [2.24, 2.45) is 0 Å². The van der Waals surface area contributed by atoms with E-state index >= 15 is 0 Å². The van der Waals surface area contributed by atoms with Gasteiger partial charge in [0.1, 0.15) is 10.6 Å². The van der Waals surface area contributed by atoms with Crippen molar-refractivity contribution in [3.63, 3.8) is 0 Å². The molecule has 3 heterocycles. The summed E-state index contributed by atoms with van der Waals surface area (Å²) in [4.78, 5) is 16.9. The Hall–Kier alpha value is -1.73. The Balaban J connectivity index is 1.93. The molecule has 3 aromatic heterocycles. The molecule has 0 aliphatic carbocycles. The molecular weight excluding hydrogens is 302 g/mol. The molecule has 0 saturated carbocycles. The summed E-state index contributed by atoms with van der Waals surface area (Å²) in [5.41, 5.74) is 2.95. The van der Waals surface area contributed by atoms with E-state index in [0.717, 1.165) is 34.8 Å². The third-order valence-electron chi connectivity index (χ3n) is 3.11. The van der Waals surface area contributed by atoms with E-state index in [-0.39, 0.29) is 0 Å². The van der Waals surface area contributed by atoms with Crippen LogP contribution in [0.15, 0.2) is 11.6 Å². The van der Waals surface area contributed by atoms with Crippen LogP contribution in [0.25, 0.3) is 10.2 Å². The molecule has 21 heavy (non-hydrogen) atoms. The van der Waals surface area contributed by atoms with Gasteiger partial charge in [-0.3, -0.25) is 0 Å². The Bertz CT molecular complexity index is 762. The highest BCUT2D eigenvalue weighted by atomic mass is 32.1. The van der Waals surface area contributed by atoms with Crippen molar-refractivity contribution in [2.45, 2.75) is 27.3 Å². The Labute approximate surface area is 131 Å². The minimum atomic E-state index is 0.676. The number of nitrogens with zero attached hydrogens (tertiary/aromatic N) is 3. The van der Waals surface area contributed by atoms with Gasteiger partial charge < -0.3 is 10.6 Å². The van der Waals surface area contributed by atoms with Gasteiger partial charge in [-0.15, -0.1) is 22.7 Å². The van der Waals surface area contributed by atoms with Gasteiger partial charge in [-0.05, 0) is 26.8 Å². The maximum atomic E-state index is 4.59. The lowest BCUT2D eigenvalue weighted by molar-refractivity contribution is 1.07. The van der Waals surface area contributed by atoms with Gasteiger partial charge in [-0.2, -0.15) is 4.98 Å². The number of aryl methyl sites for hydroxylation is 2. The van der Waals surface area contributed by atoms with Gasteiger partial charge in [-0.25, -0.2) is 9.97 Å². The molecule has 3 rings (SSSR count). The van der Waals surface area contributed by atoms with Gasteiger partial charge in [0.2, 0.25) is 5.95 Å². The normalized spacial score (nSPS) is 11.0. The first-order chi connectivity index (χ1) is 10.2. The smallest absolute Gasteiger partial charge is 0.226 e. The molecule has 0 spiro atoms. The van der Waals surface area contributed by atoms with Gasteiger partial charge in [0.05, 0.1) is 23.1 Å². The monoisotopic (exact) mass is 319 g/mol. The number of fused-ring (bicyclic) bond motifs is 1. The maximum Gasteiger partial charge on any atom is 0.226 e. The van der Waals surface area contributed by atoms with E-state index in [2.05, 4.69) is 38.6 Å². The summed E-state index contributed by atoms with van der Waals surface area (Å²) >= 11 is 3.36. The van der Waals surface area contributed by atoms with Crippen molar-refractivity contribution in [1.29, 1.82) is 0 Å². The van der Waals surface area contributed by atoms with Crippen molar-refractivity contribution in [2.75, 3.05) is 17.2 Å². The fourth-order valence-electron chi connectivity index (χ4n) is 2.07. The van der Waals surface area contributed by atoms with Gasteiger partial charge in [0.25, 0.3) is 0 Å². The Morgan fingerprint density at radius 3 is 2.76 bits per heavy atom. The molecule has 2 N–H and O–H groups in total. The van der Waals surface area contributed by atoms with Crippen molar-refractivity contribution in [1.82, 2.24) is 15.0 Å². The highest BCUT2D eigenvalue weighted by molar-refractivity contribution is 7.18. The number of hydrogen-bond donors (Lipinski definition) is 2. The first kappa shape index (κ1) is 14.2. The zero-order valence-corrected chi connectivity index (χ0v) is 13.9. The lowest BCUT2D eigenvalue weighted by Gasteiger charge is -2.08. The fraction of sp³-hybridized carbons (Fsp3) is 0.357. The SMILES string of the molecule is CCNc1nc(NCc2scnc2C)c2cc(C)sc2n1. The van der Waals surface area contributed by atoms with E-state index in [1.807, 2.05) is 19.4 Å². The van der Waals surface area contributed by atoms with Crippen LogP contribution >= 0.6 is 22.7 Å². The zero-order valence-electron chi connectivity index (χ0n) is 12.2. The van der Waals surface area contributed by atoms with Gasteiger partial charge in [-0.1, -0.05) is 0 Å². The molecule has 3 aromatic rings. The average molecular weight is 319 g/mol. The highest BCUT2D eigenvalue weighted by Crippen LogP contribution is 2.30. The number of nitrogens with one attached hydrogen (secondary N) is 2. The van der Waals surface area contributed by atoms with E-state index in [0.29, 0.717) is 5.95 Å². The first-order valence-corrected chi connectivity index (χ1v) is 8.52. The molecule has 0 radical (unpaired) electrons. The summed E-state index contributed by atoms with van der Waals surface area (Å²) in [5.74, 6) is 1.56. The molecule has 0 fully saturated rings. The lowest BCUT2D eigenvalue weighted by Crippen LogP contribution is -2.06. The second-order valence-corrected chi connectivity index (χ2v) is 6.89. The molecule has 0 atom stereocenters. The summed E-state index contributed by atoms with van der Waals surface area (Å²) in [6.07, 6.45) is 0. The molecule has 0 bridgehead atoms. The highest BCUT2D eigenvalue weighted by Gasteiger charge is 2.11. The quantitative estimate of drug-likeness (QED) is 0.749. The number of aromatic nitrogens is 3. The van der Waals surface area contributed by atoms with Crippen LogP contribution in [0.3, 0.4) is 0 Å². The van der Waals surface area contributed by atoms with Crippen LogP contribution in [0, 0.1) is 13.8 Å². The molecule has 0 unspecified atom stereocenters. The Morgan fingerprint density at radius 1 is 1.19 bits per heavy atom. The fourth-order valence-corrected chi connectivity index (χ4v) is 3.67. The van der Waals surface area contributed by atoms with Gasteiger partial charge in [0.15, 0.2) is 0 Å². The molecule has 0 saturated heterocycles.